The van der Waals surface area contributed by atoms with E-state index in [0.717, 1.165) is 23.6 Å². The Balaban J connectivity index is 1.72. The zero-order valence-corrected chi connectivity index (χ0v) is 12.8. The molecule has 0 saturated heterocycles. The number of hydrogen-bond donors (Lipinski definition) is 2. The molecule has 1 spiro atoms. The third-order valence-corrected chi connectivity index (χ3v) is 5.84. The molecule has 0 atom stereocenters. The molecule has 0 unspecified atom stereocenters. The van der Waals surface area contributed by atoms with Crippen LogP contribution in [-0.2, 0) is 0 Å². The van der Waals surface area contributed by atoms with Crippen molar-refractivity contribution in [2.75, 3.05) is 11.9 Å². The summed E-state index contributed by atoms with van der Waals surface area (Å²) in [4.78, 5) is 0. The fourth-order valence-electron chi connectivity index (χ4n) is 4.05. The van der Waals surface area contributed by atoms with E-state index in [0.29, 0.717) is 5.41 Å². The third kappa shape index (κ3) is 2.68. The number of anilines is 1. The number of benzene rings is 1. The van der Waals surface area contributed by atoms with Gasteiger partial charge in [-0.05, 0) is 56.1 Å². The fraction of sp³-hybridized carbons (Fsp3) is 0.647. The van der Waals surface area contributed by atoms with Crippen molar-refractivity contribution in [2.45, 2.75) is 56.9 Å². The normalized spacial score (nSPS) is 23.9. The molecule has 3 heteroatoms. The van der Waals surface area contributed by atoms with Crippen molar-refractivity contribution in [2.24, 2.45) is 5.41 Å². The lowest BCUT2D eigenvalue weighted by Gasteiger charge is -2.45. The number of aliphatic hydroxyl groups is 1. The summed E-state index contributed by atoms with van der Waals surface area (Å²) in [6, 6.07) is 7.82. The van der Waals surface area contributed by atoms with Gasteiger partial charge in [0.15, 0.2) is 0 Å². The lowest BCUT2D eigenvalue weighted by molar-refractivity contribution is 0.100. The van der Waals surface area contributed by atoms with Crippen molar-refractivity contribution in [3.8, 4) is 0 Å². The minimum Gasteiger partial charge on any atom is -0.394 e. The summed E-state index contributed by atoms with van der Waals surface area (Å²) in [5, 5.41) is 14.2. The van der Waals surface area contributed by atoms with E-state index in [1.54, 1.807) is 0 Å². The second-order valence-electron chi connectivity index (χ2n) is 6.75. The van der Waals surface area contributed by atoms with Crippen LogP contribution in [0.15, 0.2) is 24.3 Å². The topological polar surface area (TPSA) is 32.3 Å². The molecule has 0 bridgehead atoms. The van der Waals surface area contributed by atoms with Gasteiger partial charge in [0.2, 0.25) is 0 Å². The minimum atomic E-state index is -0.182. The summed E-state index contributed by atoms with van der Waals surface area (Å²) in [5.74, 6) is 0. The zero-order valence-electron chi connectivity index (χ0n) is 12.0. The van der Waals surface area contributed by atoms with E-state index in [-0.39, 0.29) is 12.1 Å². The second-order valence-corrected chi connectivity index (χ2v) is 7.16. The monoisotopic (exact) mass is 293 g/mol. The summed E-state index contributed by atoms with van der Waals surface area (Å²) in [6.07, 6.45) is 10.1. The molecule has 2 N–H and O–H groups in total. The summed E-state index contributed by atoms with van der Waals surface area (Å²) in [7, 11) is 0. The Morgan fingerprint density at radius 3 is 2.25 bits per heavy atom. The molecule has 2 saturated carbocycles. The lowest BCUT2D eigenvalue weighted by Crippen LogP contribution is -2.47. The van der Waals surface area contributed by atoms with Crippen LogP contribution in [0.1, 0.15) is 51.4 Å². The maximum absolute atomic E-state index is 9.92. The van der Waals surface area contributed by atoms with E-state index >= 15 is 0 Å². The zero-order chi connectivity index (χ0) is 14.1. The minimum absolute atomic E-state index is 0.182. The van der Waals surface area contributed by atoms with E-state index in [1.165, 1.54) is 38.5 Å². The molecule has 0 amide bonds. The summed E-state index contributed by atoms with van der Waals surface area (Å²) in [5.41, 5.74) is 1.35. The van der Waals surface area contributed by atoms with Gasteiger partial charge in [0.05, 0.1) is 22.9 Å². The smallest absolute Gasteiger partial charge is 0.0661 e. The first-order valence-electron chi connectivity index (χ1n) is 7.81. The highest BCUT2D eigenvalue weighted by Gasteiger charge is 2.43. The number of para-hydroxylation sites is 1. The molecule has 0 aliphatic heterocycles. The Bertz CT molecular complexity index is 458. The highest BCUT2D eigenvalue weighted by atomic mass is 35.5. The largest absolute Gasteiger partial charge is 0.394 e. The summed E-state index contributed by atoms with van der Waals surface area (Å²) < 4.78 is 0. The van der Waals surface area contributed by atoms with E-state index in [2.05, 4.69) is 5.32 Å². The van der Waals surface area contributed by atoms with Gasteiger partial charge in [0.1, 0.15) is 0 Å². The summed E-state index contributed by atoms with van der Waals surface area (Å²) >= 11 is 6.24. The van der Waals surface area contributed by atoms with E-state index in [1.807, 2.05) is 24.3 Å². The van der Waals surface area contributed by atoms with Crippen LogP contribution in [0, 0.1) is 5.41 Å². The van der Waals surface area contributed by atoms with Crippen molar-refractivity contribution in [3.05, 3.63) is 29.3 Å². The van der Waals surface area contributed by atoms with E-state index < -0.39 is 0 Å². The maximum atomic E-state index is 9.92. The second kappa shape index (κ2) is 5.57. The van der Waals surface area contributed by atoms with Crippen LogP contribution >= 0.6 is 11.6 Å². The van der Waals surface area contributed by atoms with Crippen molar-refractivity contribution >= 4 is 17.3 Å². The molecule has 0 aromatic heterocycles. The van der Waals surface area contributed by atoms with E-state index in [4.69, 9.17) is 11.6 Å². The standard InChI is InChI=1S/C17H24ClNO/c18-14-5-1-2-6-15(14)19-17(13-20)11-9-16(10-12-17)7-3-4-8-16/h1-2,5-6,19-20H,3-4,7-13H2. The molecule has 110 valence electrons. The summed E-state index contributed by atoms with van der Waals surface area (Å²) in [6.45, 7) is 0.189. The molecule has 20 heavy (non-hydrogen) atoms. The first kappa shape index (κ1) is 14.2. The van der Waals surface area contributed by atoms with Crippen LogP contribution in [0.5, 0.6) is 0 Å². The van der Waals surface area contributed by atoms with Gasteiger partial charge in [0.25, 0.3) is 0 Å². The SMILES string of the molecule is OCC1(Nc2ccccc2Cl)CCC2(CCCC2)CC1. The molecular formula is C17H24ClNO. The molecule has 2 nitrogen and oxygen atoms in total. The quantitative estimate of drug-likeness (QED) is 0.852. The number of rotatable bonds is 3. The van der Waals surface area contributed by atoms with Crippen LogP contribution in [0.3, 0.4) is 0 Å². The van der Waals surface area contributed by atoms with Gasteiger partial charge in [0, 0.05) is 0 Å². The van der Waals surface area contributed by atoms with Gasteiger partial charge in [-0.15, -0.1) is 0 Å². The van der Waals surface area contributed by atoms with Crippen molar-refractivity contribution in [1.82, 2.24) is 0 Å². The molecule has 1 aromatic rings. The van der Waals surface area contributed by atoms with Crippen LogP contribution < -0.4 is 5.32 Å². The van der Waals surface area contributed by atoms with Gasteiger partial charge < -0.3 is 10.4 Å². The van der Waals surface area contributed by atoms with E-state index in [9.17, 15) is 5.11 Å². The Labute approximate surface area is 126 Å². The number of halogens is 1. The van der Waals surface area contributed by atoms with Crippen LogP contribution in [-0.4, -0.2) is 17.3 Å². The van der Waals surface area contributed by atoms with Gasteiger partial charge in [-0.1, -0.05) is 36.6 Å². The van der Waals surface area contributed by atoms with Gasteiger partial charge >= 0.3 is 0 Å². The fourth-order valence-corrected chi connectivity index (χ4v) is 4.24. The highest BCUT2D eigenvalue weighted by molar-refractivity contribution is 6.33. The Morgan fingerprint density at radius 2 is 1.65 bits per heavy atom. The maximum Gasteiger partial charge on any atom is 0.0661 e. The number of hydrogen-bond acceptors (Lipinski definition) is 2. The molecule has 2 aliphatic rings. The average Bonchev–Trinajstić information content (AvgIpc) is 2.93. The third-order valence-electron chi connectivity index (χ3n) is 5.51. The van der Waals surface area contributed by atoms with Crippen LogP contribution in [0.2, 0.25) is 5.02 Å². The van der Waals surface area contributed by atoms with Crippen molar-refractivity contribution in [1.29, 1.82) is 0 Å². The highest BCUT2D eigenvalue weighted by Crippen LogP contribution is 2.51. The van der Waals surface area contributed by atoms with Crippen molar-refractivity contribution in [3.63, 3.8) is 0 Å². The Kier molecular flexibility index (Phi) is 3.96. The molecule has 0 heterocycles. The Hall–Kier alpha value is -0.730. The molecular weight excluding hydrogens is 270 g/mol. The number of nitrogens with one attached hydrogen (secondary N) is 1. The molecule has 2 fully saturated rings. The Morgan fingerprint density at radius 1 is 1.00 bits per heavy atom. The van der Waals surface area contributed by atoms with Crippen LogP contribution in [0.4, 0.5) is 5.69 Å². The molecule has 1 aromatic carbocycles. The average molecular weight is 294 g/mol. The number of aliphatic hydroxyl groups excluding tert-OH is 1. The van der Waals surface area contributed by atoms with Gasteiger partial charge in [-0.2, -0.15) is 0 Å². The molecule has 3 rings (SSSR count). The lowest BCUT2D eigenvalue weighted by atomic mass is 9.66. The van der Waals surface area contributed by atoms with Gasteiger partial charge in [-0.3, -0.25) is 0 Å². The first-order valence-corrected chi connectivity index (χ1v) is 8.19. The van der Waals surface area contributed by atoms with Gasteiger partial charge in [-0.25, -0.2) is 0 Å². The molecule has 0 radical (unpaired) electrons. The predicted molar refractivity (Wildman–Crippen MR) is 84.3 cm³/mol. The first-order chi connectivity index (χ1) is 9.67. The van der Waals surface area contributed by atoms with Crippen LogP contribution in [0.25, 0.3) is 0 Å². The molecule has 2 aliphatic carbocycles. The van der Waals surface area contributed by atoms with Crippen molar-refractivity contribution < 1.29 is 5.11 Å². The predicted octanol–water partition coefficient (Wildman–Crippen LogP) is 4.62.